The molecule has 0 spiro atoms. The topological polar surface area (TPSA) is 20.2 Å². The van der Waals surface area contributed by atoms with Gasteiger partial charge in [-0.3, -0.25) is 0 Å². The first kappa shape index (κ1) is 13.5. The van der Waals surface area contributed by atoms with Gasteiger partial charge in [-0.1, -0.05) is 37.1 Å². The van der Waals surface area contributed by atoms with Crippen LogP contribution in [0.1, 0.15) is 51.5 Å². The van der Waals surface area contributed by atoms with Crippen LogP contribution in [0, 0.1) is 0 Å². The minimum Gasteiger partial charge on any atom is -0.390 e. The van der Waals surface area contributed by atoms with E-state index in [-0.39, 0.29) is 0 Å². The monoisotopic (exact) mass is 240 g/mol. The Morgan fingerprint density at radius 1 is 1.25 bits per heavy atom. The predicted octanol–water partition coefficient (Wildman–Crippen LogP) is 4.38. The van der Waals surface area contributed by atoms with Gasteiger partial charge in [0.2, 0.25) is 0 Å². The van der Waals surface area contributed by atoms with E-state index in [0.29, 0.717) is 5.92 Å². The molecule has 0 saturated heterocycles. The average Bonchev–Trinajstić information content (AvgIpc) is 2.16. The van der Waals surface area contributed by atoms with Crippen LogP contribution in [0.4, 0.5) is 0 Å². The molecule has 16 heavy (non-hydrogen) atoms. The fraction of sp³-hybridized carbons (Fsp3) is 0.571. The van der Waals surface area contributed by atoms with E-state index >= 15 is 0 Å². The van der Waals surface area contributed by atoms with Gasteiger partial charge in [-0.15, -0.1) is 0 Å². The third-order valence-electron chi connectivity index (χ3n) is 2.86. The number of hydrogen-bond acceptors (Lipinski definition) is 1. The zero-order valence-corrected chi connectivity index (χ0v) is 11.1. The largest absolute Gasteiger partial charge is 0.390 e. The molecule has 0 aliphatic carbocycles. The van der Waals surface area contributed by atoms with Crippen molar-refractivity contribution in [2.45, 2.75) is 51.6 Å². The molecule has 1 atom stereocenters. The summed E-state index contributed by atoms with van der Waals surface area (Å²) in [6.07, 6.45) is 3.00. The molecular weight excluding hydrogens is 220 g/mol. The molecule has 2 heteroatoms. The van der Waals surface area contributed by atoms with E-state index in [9.17, 15) is 5.11 Å². The molecule has 0 heterocycles. The maximum atomic E-state index is 9.62. The summed E-state index contributed by atoms with van der Waals surface area (Å²) in [4.78, 5) is 0. The first-order valence-electron chi connectivity index (χ1n) is 5.86. The SMILES string of the molecule is CC(CCCC(C)(C)O)c1ccc(Cl)cc1. The molecule has 0 saturated carbocycles. The van der Waals surface area contributed by atoms with E-state index in [2.05, 4.69) is 19.1 Å². The highest BCUT2D eigenvalue weighted by Gasteiger charge is 2.13. The Bertz CT molecular complexity index is 311. The second-order valence-corrected chi connectivity index (χ2v) is 5.59. The molecule has 1 unspecified atom stereocenters. The zero-order chi connectivity index (χ0) is 12.2. The van der Waals surface area contributed by atoms with Gasteiger partial charge < -0.3 is 5.11 Å². The summed E-state index contributed by atoms with van der Waals surface area (Å²) in [6, 6.07) is 8.03. The fourth-order valence-corrected chi connectivity index (χ4v) is 1.92. The smallest absolute Gasteiger partial charge is 0.0591 e. The highest BCUT2D eigenvalue weighted by molar-refractivity contribution is 6.30. The molecule has 0 aliphatic heterocycles. The third kappa shape index (κ3) is 5.00. The maximum Gasteiger partial charge on any atom is 0.0591 e. The predicted molar refractivity (Wildman–Crippen MR) is 70.0 cm³/mol. The van der Waals surface area contributed by atoms with Gasteiger partial charge in [0.05, 0.1) is 5.60 Å². The molecule has 0 aromatic heterocycles. The van der Waals surface area contributed by atoms with Crippen molar-refractivity contribution in [2.75, 3.05) is 0 Å². The second kappa shape index (κ2) is 5.70. The van der Waals surface area contributed by atoms with Crippen molar-refractivity contribution >= 4 is 11.6 Å². The minimum absolute atomic E-state index is 0.527. The van der Waals surface area contributed by atoms with E-state index in [4.69, 9.17) is 11.6 Å². The average molecular weight is 241 g/mol. The summed E-state index contributed by atoms with van der Waals surface area (Å²) in [6.45, 7) is 5.94. The molecular formula is C14H21ClO. The van der Waals surface area contributed by atoms with Gasteiger partial charge in [-0.2, -0.15) is 0 Å². The van der Waals surface area contributed by atoms with Gasteiger partial charge in [0, 0.05) is 5.02 Å². The van der Waals surface area contributed by atoms with Crippen LogP contribution in [0.25, 0.3) is 0 Å². The van der Waals surface area contributed by atoms with E-state index < -0.39 is 5.60 Å². The van der Waals surface area contributed by atoms with Gasteiger partial charge in [-0.05, 0) is 50.3 Å². The minimum atomic E-state index is -0.542. The molecule has 1 nitrogen and oxygen atoms in total. The highest BCUT2D eigenvalue weighted by Crippen LogP contribution is 2.24. The molecule has 0 fully saturated rings. The summed E-state index contributed by atoms with van der Waals surface area (Å²) in [7, 11) is 0. The first-order valence-corrected chi connectivity index (χ1v) is 6.24. The zero-order valence-electron chi connectivity index (χ0n) is 10.3. The fourth-order valence-electron chi connectivity index (χ4n) is 1.80. The lowest BCUT2D eigenvalue weighted by Crippen LogP contribution is -2.18. The van der Waals surface area contributed by atoms with Crippen molar-refractivity contribution in [1.82, 2.24) is 0 Å². The number of halogens is 1. The molecule has 1 rings (SSSR count). The van der Waals surface area contributed by atoms with Crippen LogP contribution in [-0.4, -0.2) is 10.7 Å². The molecule has 1 aromatic carbocycles. The molecule has 1 aromatic rings. The van der Waals surface area contributed by atoms with Crippen molar-refractivity contribution in [3.05, 3.63) is 34.9 Å². The lowest BCUT2D eigenvalue weighted by Gasteiger charge is -2.18. The quantitative estimate of drug-likeness (QED) is 0.810. The van der Waals surface area contributed by atoms with Gasteiger partial charge in [0.25, 0.3) is 0 Å². The molecule has 1 N–H and O–H groups in total. The van der Waals surface area contributed by atoms with Crippen molar-refractivity contribution in [2.24, 2.45) is 0 Å². The standard InChI is InChI=1S/C14H21ClO/c1-11(5-4-10-14(2,3)16)12-6-8-13(15)9-7-12/h6-9,11,16H,4-5,10H2,1-3H3. The Balaban J connectivity index is 2.41. The normalized spacial score (nSPS) is 13.8. The molecule has 0 radical (unpaired) electrons. The summed E-state index contributed by atoms with van der Waals surface area (Å²) in [5.74, 6) is 0.527. The number of aliphatic hydroxyl groups is 1. The van der Waals surface area contributed by atoms with E-state index in [1.807, 2.05) is 26.0 Å². The summed E-state index contributed by atoms with van der Waals surface area (Å²) in [5.41, 5.74) is 0.778. The lowest BCUT2D eigenvalue weighted by molar-refractivity contribution is 0.0678. The second-order valence-electron chi connectivity index (χ2n) is 5.16. The van der Waals surface area contributed by atoms with Crippen LogP contribution in [-0.2, 0) is 0 Å². The van der Waals surface area contributed by atoms with Crippen LogP contribution >= 0.6 is 11.6 Å². The molecule has 0 amide bonds. The van der Waals surface area contributed by atoms with Gasteiger partial charge in [0.1, 0.15) is 0 Å². The maximum absolute atomic E-state index is 9.62. The molecule has 0 bridgehead atoms. The van der Waals surface area contributed by atoms with Crippen LogP contribution in [0.15, 0.2) is 24.3 Å². The number of benzene rings is 1. The van der Waals surface area contributed by atoms with Crippen molar-refractivity contribution in [1.29, 1.82) is 0 Å². The van der Waals surface area contributed by atoms with Crippen molar-refractivity contribution in [3.8, 4) is 0 Å². The summed E-state index contributed by atoms with van der Waals surface area (Å²) < 4.78 is 0. The number of hydrogen-bond donors (Lipinski definition) is 1. The molecule has 0 aliphatic rings. The van der Waals surface area contributed by atoms with Gasteiger partial charge >= 0.3 is 0 Å². The Morgan fingerprint density at radius 2 is 1.81 bits per heavy atom. The van der Waals surface area contributed by atoms with Crippen LogP contribution in [0.2, 0.25) is 5.02 Å². The summed E-state index contributed by atoms with van der Waals surface area (Å²) in [5, 5.41) is 10.4. The van der Waals surface area contributed by atoms with Crippen LogP contribution in [0.5, 0.6) is 0 Å². The van der Waals surface area contributed by atoms with Crippen LogP contribution < -0.4 is 0 Å². The van der Waals surface area contributed by atoms with Gasteiger partial charge in [0.15, 0.2) is 0 Å². The van der Waals surface area contributed by atoms with Crippen LogP contribution in [0.3, 0.4) is 0 Å². The highest BCUT2D eigenvalue weighted by atomic mass is 35.5. The Hall–Kier alpha value is -0.530. The van der Waals surface area contributed by atoms with Crippen molar-refractivity contribution in [3.63, 3.8) is 0 Å². The summed E-state index contributed by atoms with van der Waals surface area (Å²) >= 11 is 5.85. The first-order chi connectivity index (χ1) is 7.38. The van der Waals surface area contributed by atoms with E-state index in [1.54, 1.807) is 0 Å². The number of rotatable bonds is 5. The van der Waals surface area contributed by atoms with Gasteiger partial charge in [-0.25, -0.2) is 0 Å². The molecule has 90 valence electrons. The lowest BCUT2D eigenvalue weighted by atomic mass is 9.92. The van der Waals surface area contributed by atoms with E-state index in [1.165, 1.54) is 5.56 Å². The Kier molecular flexibility index (Phi) is 4.82. The van der Waals surface area contributed by atoms with Crippen molar-refractivity contribution < 1.29 is 5.11 Å². The Morgan fingerprint density at radius 3 is 2.31 bits per heavy atom. The Labute approximate surface area is 103 Å². The third-order valence-corrected chi connectivity index (χ3v) is 3.12. The van der Waals surface area contributed by atoms with E-state index in [0.717, 1.165) is 24.3 Å².